The van der Waals surface area contributed by atoms with Crippen molar-refractivity contribution in [1.29, 1.82) is 0 Å². The molecule has 0 unspecified atom stereocenters. The van der Waals surface area contributed by atoms with Gasteiger partial charge in [-0.05, 0) is 24.3 Å². The third kappa shape index (κ3) is 2.91. The van der Waals surface area contributed by atoms with Crippen LogP contribution in [0.2, 0.25) is 10.0 Å². The molecule has 0 atom stereocenters. The van der Waals surface area contributed by atoms with Crippen LogP contribution >= 0.6 is 23.2 Å². The predicted octanol–water partition coefficient (Wildman–Crippen LogP) is 4.48. The summed E-state index contributed by atoms with van der Waals surface area (Å²) in [6.45, 7) is 0.214. The van der Waals surface area contributed by atoms with E-state index in [0.717, 1.165) is 5.56 Å². The molecule has 1 aliphatic heterocycles. The Balaban J connectivity index is 1.93. The SMILES string of the molecule is COc1cc2c(cc1C=Nc1ccc(Cl)c(Cl)c1)OCO2. The zero-order valence-electron chi connectivity index (χ0n) is 11.1. The molecule has 1 heterocycles. The van der Waals surface area contributed by atoms with Crippen molar-refractivity contribution in [3.05, 3.63) is 45.9 Å². The highest BCUT2D eigenvalue weighted by Crippen LogP contribution is 2.37. The maximum absolute atomic E-state index is 5.96. The average molecular weight is 324 g/mol. The molecule has 0 amide bonds. The van der Waals surface area contributed by atoms with E-state index in [9.17, 15) is 0 Å². The lowest BCUT2D eigenvalue weighted by Gasteiger charge is -2.06. The Labute approximate surface area is 131 Å². The standard InChI is InChI=1S/C15H11Cl2NO3/c1-19-13-6-15-14(20-8-21-15)4-9(13)7-18-10-2-3-11(16)12(17)5-10/h2-7H,8H2,1H3. The fraction of sp³-hybridized carbons (Fsp3) is 0.133. The van der Waals surface area contributed by atoms with Gasteiger partial charge in [-0.3, -0.25) is 4.99 Å². The molecule has 2 aromatic carbocycles. The second-order valence-electron chi connectivity index (χ2n) is 4.30. The first-order chi connectivity index (χ1) is 10.2. The number of benzene rings is 2. The summed E-state index contributed by atoms with van der Waals surface area (Å²) in [5.41, 5.74) is 1.48. The highest BCUT2D eigenvalue weighted by molar-refractivity contribution is 6.42. The van der Waals surface area contributed by atoms with Crippen molar-refractivity contribution in [1.82, 2.24) is 0 Å². The molecule has 108 valence electrons. The molecule has 0 radical (unpaired) electrons. The van der Waals surface area contributed by atoms with Gasteiger partial charge in [0, 0.05) is 17.8 Å². The van der Waals surface area contributed by atoms with Crippen molar-refractivity contribution < 1.29 is 14.2 Å². The number of hydrogen-bond donors (Lipinski definition) is 0. The molecular formula is C15H11Cl2NO3. The second kappa shape index (κ2) is 5.84. The number of halogens is 2. The van der Waals surface area contributed by atoms with Gasteiger partial charge in [0.1, 0.15) is 5.75 Å². The zero-order valence-corrected chi connectivity index (χ0v) is 12.6. The van der Waals surface area contributed by atoms with E-state index < -0.39 is 0 Å². The summed E-state index contributed by atoms with van der Waals surface area (Å²) in [6, 6.07) is 8.78. The van der Waals surface area contributed by atoms with E-state index >= 15 is 0 Å². The monoisotopic (exact) mass is 323 g/mol. The molecule has 0 bridgehead atoms. The molecule has 0 aromatic heterocycles. The number of nitrogens with zero attached hydrogens (tertiary/aromatic N) is 1. The van der Waals surface area contributed by atoms with Gasteiger partial charge in [-0.15, -0.1) is 0 Å². The van der Waals surface area contributed by atoms with Gasteiger partial charge in [-0.25, -0.2) is 0 Å². The van der Waals surface area contributed by atoms with Crippen LogP contribution in [0.25, 0.3) is 0 Å². The van der Waals surface area contributed by atoms with E-state index in [1.165, 1.54) is 0 Å². The topological polar surface area (TPSA) is 40.0 Å². The smallest absolute Gasteiger partial charge is 0.231 e. The first-order valence-corrected chi connectivity index (χ1v) is 6.90. The quantitative estimate of drug-likeness (QED) is 0.782. The molecule has 0 aliphatic carbocycles. The molecule has 2 aromatic rings. The minimum Gasteiger partial charge on any atom is -0.496 e. The van der Waals surface area contributed by atoms with Crippen molar-refractivity contribution in [2.45, 2.75) is 0 Å². The Bertz CT molecular complexity index is 716. The van der Waals surface area contributed by atoms with Gasteiger partial charge < -0.3 is 14.2 Å². The van der Waals surface area contributed by atoms with Crippen LogP contribution in [0.4, 0.5) is 5.69 Å². The largest absolute Gasteiger partial charge is 0.496 e. The van der Waals surface area contributed by atoms with Crippen molar-refractivity contribution >= 4 is 35.1 Å². The van der Waals surface area contributed by atoms with Crippen molar-refractivity contribution in [2.75, 3.05) is 13.9 Å². The lowest BCUT2D eigenvalue weighted by molar-refractivity contribution is 0.174. The summed E-state index contributed by atoms with van der Waals surface area (Å²) >= 11 is 11.8. The lowest BCUT2D eigenvalue weighted by Crippen LogP contribution is -1.92. The summed E-state index contributed by atoms with van der Waals surface area (Å²) in [7, 11) is 1.59. The zero-order chi connectivity index (χ0) is 14.8. The first kappa shape index (κ1) is 14.0. The van der Waals surface area contributed by atoms with E-state index in [2.05, 4.69) is 4.99 Å². The van der Waals surface area contributed by atoms with E-state index in [0.29, 0.717) is 33.0 Å². The molecule has 0 fully saturated rings. The van der Waals surface area contributed by atoms with Gasteiger partial charge in [0.05, 0.1) is 22.8 Å². The minimum atomic E-state index is 0.214. The van der Waals surface area contributed by atoms with E-state index in [-0.39, 0.29) is 6.79 Å². The summed E-state index contributed by atoms with van der Waals surface area (Å²) in [5, 5.41) is 0.959. The number of hydrogen-bond acceptors (Lipinski definition) is 4. The molecule has 1 aliphatic rings. The van der Waals surface area contributed by atoms with E-state index in [4.69, 9.17) is 37.4 Å². The fourth-order valence-corrected chi connectivity index (χ4v) is 2.22. The van der Waals surface area contributed by atoms with Crippen LogP contribution in [-0.2, 0) is 0 Å². The van der Waals surface area contributed by atoms with Crippen LogP contribution in [0.15, 0.2) is 35.3 Å². The third-order valence-corrected chi connectivity index (χ3v) is 3.72. The van der Waals surface area contributed by atoms with Gasteiger partial charge in [0.25, 0.3) is 0 Å². The highest BCUT2D eigenvalue weighted by Gasteiger charge is 2.16. The maximum Gasteiger partial charge on any atom is 0.231 e. The van der Waals surface area contributed by atoms with Crippen LogP contribution < -0.4 is 14.2 Å². The summed E-state index contributed by atoms with van der Waals surface area (Å²) < 4.78 is 16.0. The Morgan fingerprint density at radius 3 is 2.57 bits per heavy atom. The third-order valence-electron chi connectivity index (χ3n) is 2.98. The second-order valence-corrected chi connectivity index (χ2v) is 5.12. The van der Waals surface area contributed by atoms with Crippen molar-refractivity contribution in [3.8, 4) is 17.2 Å². The number of ether oxygens (including phenoxy) is 3. The predicted molar refractivity (Wildman–Crippen MR) is 82.8 cm³/mol. The Morgan fingerprint density at radius 1 is 1.10 bits per heavy atom. The molecule has 21 heavy (non-hydrogen) atoms. The number of rotatable bonds is 3. The molecule has 0 saturated heterocycles. The lowest BCUT2D eigenvalue weighted by atomic mass is 10.2. The molecule has 0 spiro atoms. The summed E-state index contributed by atoms with van der Waals surface area (Å²) in [6.07, 6.45) is 1.68. The number of methoxy groups -OCH3 is 1. The maximum atomic E-state index is 5.96. The number of aliphatic imine (C=N–C) groups is 1. The average Bonchev–Trinajstić information content (AvgIpc) is 2.94. The summed E-state index contributed by atoms with van der Waals surface area (Å²) in [4.78, 5) is 4.37. The first-order valence-electron chi connectivity index (χ1n) is 6.14. The Morgan fingerprint density at radius 2 is 1.86 bits per heavy atom. The normalized spacial score (nSPS) is 12.9. The Kier molecular flexibility index (Phi) is 3.90. The van der Waals surface area contributed by atoms with Crippen LogP contribution in [0, 0.1) is 0 Å². The van der Waals surface area contributed by atoms with Crippen LogP contribution in [-0.4, -0.2) is 20.1 Å². The van der Waals surface area contributed by atoms with Gasteiger partial charge in [-0.1, -0.05) is 23.2 Å². The number of fused-ring (bicyclic) bond motifs is 1. The molecular weight excluding hydrogens is 313 g/mol. The molecule has 4 nitrogen and oxygen atoms in total. The van der Waals surface area contributed by atoms with Crippen LogP contribution in [0.3, 0.4) is 0 Å². The van der Waals surface area contributed by atoms with Gasteiger partial charge >= 0.3 is 0 Å². The van der Waals surface area contributed by atoms with Crippen molar-refractivity contribution in [2.24, 2.45) is 4.99 Å². The highest BCUT2D eigenvalue weighted by atomic mass is 35.5. The Hall–Kier alpha value is -1.91. The van der Waals surface area contributed by atoms with Gasteiger partial charge in [0.15, 0.2) is 11.5 Å². The van der Waals surface area contributed by atoms with Crippen molar-refractivity contribution in [3.63, 3.8) is 0 Å². The molecule has 0 saturated carbocycles. The van der Waals surface area contributed by atoms with Gasteiger partial charge in [0.2, 0.25) is 6.79 Å². The van der Waals surface area contributed by atoms with E-state index in [1.807, 2.05) is 6.07 Å². The van der Waals surface area contributed by atoms with E-state index in [1.54, 1.807) is 37.6 Å². The summed E-state index contributed by atoms with van der Waals surface area (Å²) in [5.74, 6) is 1.99. The molecule has 0 N–H and O–H groups in total. The molecule has 3 rings (SSSR count). The van der Waals surface area contributed by atoms with Crippen LogP contribution in [0.5, 0.6) is 17.2 Å². The van der Waals surface area contributed by atoms with Gasteiger partial charge in [-0.2, -0.15) is 0 Å². The minimum absolute atomic E-state index is 0.214. The fourth-order valence-electron chi connectivity index (χ4n) is 1.93. The van der Waals surface area contributed by atoms with Crippen LogP contribution in [0.1, 0.15) is 5.56 Å². The molecule has 6 heteroatoms.